The summed E-state index contributed by atoms with van der Waals surface area (Å²) < 4.78 is 41.6. The smallest absolute Gasteiger partial charge is 0.350 e. The van der Waals surface area contributed by atoms with E-state index in [1.54, 1.807) is 18.2 Å². The molecule has 3 aromatic rings. The average Bonchev–Trinajstić information content (AvgIpc) is 2.95. The molecule has 1 aromatic carbocycles. The molecule has 2 aromatic heterocycles. The zero-order valence-corrected chi connectivity index (χ0v) is 11.6. The van der Waals surface area contributed by atoms with Gasteiger partial charge in [0.1, 0.15) is 0 Å². The van der Waals surface area contributed by atoms with Crippen molar-refractivity contribution < 1.29 is 13.2 Å². The highest BCUT2D eigenvalue weighted by molar-refractivity contribution is 9.10. The molecule has 104 valence electrons. The summed E-state index contributed by atoms with van der Waals surface area (Å²) in [5.74, 6) is -1.15. The van der Waals surface area contributed by atoms with E-state index in [1.165, 1.54) is 0 Å². The number of nitrogens with zero attached hydrogens (tertiary/aromatic N) is 5. The van der Waals surface area contributed by atoms with Crippen molar-refractivity contribution in [3.8, 4) is 5.69 Å². The lowest BCUT2D eigenvalue weighted by Gasteiger charge is -2.08. The molecule has 2 heterocycles. The van der Waals surface area contributed by atoms with Crippen molar-refractivity contribution in [3.05, 3.63) is 34.7 Å². The van der Waals surface area contributed by atoms with Gasteiger partial charge < -0.3 is 4.57 Å². The van der Waals surface area contributed by atoms with E-state index in [0.29, 0.717) is 9.15 Å². The normalized spacial score (nSPS) is 12.2. The third-order valence-electron chi connectivity index (χ3n) is 2.88. The van der Waals surface area contributed by atoms with E-state index in [2.05, 4.69) is 31.5 Å². The molecule has 0 N–H and O–H groups in total. The number of hydrogen-bond acceptors (Lipinski definition) is 3. The fraction of sp³-hybridized carbons (Fsp3) is 0.182. The second-order valence-corrected chi connectivity index (χ2v) is 5.06. The minimum atomic E-state index is -4.61. The van der Waals surface area contributed by atoms with Crippen molar-refractivity contribution in [1.82, 2.24) is 24.8 Å². The number of fused-ring (bicyclic) bond motifs is 1. The van der Waals surface area contributed by atoms with Gasteiger partial charge in [0.15, 0.2) is 0 Å². The molecule has 3 rings (SSSR count). The van der Waals surface area contributed by atoms with E-state index < -0.39 is 12.0 Å². The molecule has 20 heavy (non-hydrogen) atoms. The summed E-state index contributed by atoms with van der Waals surface area (Å²) >= 11 is 3.35. The molecule has 0 amide bonds. The number of aryl methyl sites for hydroxylation is 1. The summed E-state index contributed by atoms with van der Waals surface area (Å²) in [4.78, 5) is 0. The second kappa shape index (κ2) is 4.30. The van der Waals surface area contributed by atoms with Gasteiger partial charge in [-0.3, -0.25) is 0 Å². The zero-order valence-electron chi connectivity index (χ0n) is 10.1. The van der Waals surface area contributed by atoms with Crippen LogP contribution in [0.1, 0.15) is 5.82 Å². The Labute approximate surface area is 119 Å². The Kier molecular flexibility index (Phi) is 2.82. The molecule has 0 unspecified atom stereocenters. The Morgan fingerprint density at radius 1 is 1.25 bits per heavy atom. The first-order valence-corrected chi connectivity index (χ1v) is 6.28. The van der Waals surface area contributed by atoms with Gasteiger partial charge in [-0.1, -0.05) is 0 Å². The molecular weight excluding hydrogens is 339 g/mol. The van der Waals surface area contributed by atoms with E-state index in [4.69, 9.17) is 0 Å². The van der Waals surface area contributed by atoms with Crippen molar-refractivity contribution in [3.63, 3.8) is 0 Å². The highest BCUT2D eigenvalue weighted by Gasteiger charge is 2.38. The van der Waals surface area contributed by atoms with Gasteiger partial charge in [-0.25, -0.2) is 0 Å². The van der Waals surface area contributed by atoms with Crippen molar-refractivity contribution in [2.45, 2.75) is 6.18 Å². The molecule has 9 heteroatoms. The standard InChI is InChI=1S/C11H7BrF3N5/c1-19-3-2-6-4-7(5-8(12)9(6)19)20-10(11(13,14)15)16-17-18-20/h2-5H,1H3. The number of alkyl halides is 3. The molecule has 0 aliphatic carbocycles. The van der Waals surface area contributed by atoms with Crippen LogP contribution >= 0.6 is 15.9 Å². The van der Waals surface area contributed by atoms with Gasteiger partial charge in [-0.05, 0) is 44.6 Å². The first kappa shape index (κ1) is 13.1. The third-order valence-corrected chi connectivity index (χ3v) is 3.48. The van der Waals surface area contributed by atoms with Crippen molar-refractivity contribution >= 4 is 26.8 Å². The molecule has 0 saturated carbocycles. The van der Waals surface area contributed by atoms with Crippen LogP contribution in [-0.4, -0.2) is 24.8 Å². The number of halogens is 4. The molecule has 5 nitrogen and oxygen atoms in total. The Morgan fingerprint density at radius 2 is 2.00 bits per heavy atom. The summed E-state index contributed by atoms with van der Waals surface area (Å²) in [5.41, 5.74) is 1.13. The maximum atomic E-state index is 12.8. The van der Waals surface area contributed by atoms with Crippen molar-refractivity contribution in [1.29, 1.82) is 0 Å². The topological polar surface area (TPSA) is 48.5 Å². The van der Waals surface area contributed by atoms with Crippen LogP contribution in [0.15, 0.2) is 28.9 Å². The number of benzene rings is 1. The van der Waals surface area contributed by atoms with E-state index in [1.807, 2.05) is 17.8 Å². The van der Waals surface area contributed by atoms with Crippen LogP contribution in [0.25, 0.3) is 16.6 Å². The molecule has 0 aliphatic heterocycles. The van der Waals surface area contributed by atoms with Crippen molar-refractivity contribution in [2.24, 2.45) is 7.05 Å². The number of tetrazole rings is 1. The average molecular weight is 346 g/mol. The lowest BCUT2D eigenvalue weighted by atomic mass is 10.2. The summed E-state index contributed by atoms with van der Waals surface area (Å²) in [6.07, 6.45) is -2.79. The second-order valence-electron chi connectivity index (χ2n) is 4.20. The SMILES string of the molecule is Cn1ccc2cc(-n3nnnc3C(F)(F)F)cc(Br)c21. The molecule has 0 radical (unpaired) electrons. The van der Waals surface area contributed by atoms with Crippen LogP contribution < -0.4 is 0 Å². The highest BCUT2D eigenvalue weighted by atomic mass is 79.9. The minimum Gasteiger partial charge on any atom is -0.350 e. The summed E-state index contributed by atoms with van der Waals surface area (Å²) in [6.45, 7) is 0. The van der Waals surface area contributed by atoms with Crippen LogP contribution in [0.3, 0.4) is 0 Å². The number of rotatable bonds is 1. The summed E-state index contributed by atoms with van der Waals surface area (Å²) in [7, 11) is 1.85. The Morgan fingerprint density at radius 3 is 2.70 bits per heavy atom. The van der Waals surface area contributed by atoms with Crippen LogP contribution in [0.4, 0.5) is 13.2 Å². The van der Waals surface area contributed by atoms with Crippen LogP contribution in [0, 0.1) is 0 Å². The van der Waals surface area contributed by atoms with E-state index in [0.717, 1.165) is 10.9 Å². The Balaban J connectivity index is 2.23. The maximum absolute atomic E-state index is 12.8. The predicted molar refractivity (Wildman–Crippen MR) is 68.3 cm³/mol. The van der Waals surface area contributed by atoms with Crippen molar-refractivity contribution in [2.75, 3.05) is 0 Å². The zero-order chi connectivity index (χ0) is 14.5. The predicted octanol–water partition coefficient (Wildman–Crippen LogP) is 2.94. The minimum absolute atomic E-state index is 0.243. The van der Waals surface area contributed by atoms with E-state index in [9.17, 15) is 13.2 Å². The first-order valence-electron chi connectivity index (χ1n) is 5.48. The summed E-state index contributed by atoms with van der Waals surface area (Å²) in [5, 5.41) is 10.3. The van der Waals surface area contributed by atoms with Gasteiger partial charge in [0.05, 0.1) is 11.2 Å². The van der Waals surface area contributed by atoms with Crippen LogP contribution in [-0.2, 0) is 13.2 Å². The van der Waals surface area contributed by atoms with Gasteiger partial charge in [0.2, 0.25) is 0 Å². The largest absolute Gasteiger partial charge is 0.453 e. The molecule has 0 atom stereocenters. The highest BCUT2D eigenvalue weighted by Crippen LogP contribution is 2.31. The third kappa shape index (κ3) is 1.98. The maximum Gasteiger partial charge on any atom is 0.453 e. The lowest BCUT2D eigenvalue weighted by Crippen LogP contribution is -2.14. The Hall–Kier alpha value is -1.90. The van der Waals surface area contributed by atoms with E-state index >= 15 is 0 Å². The van der Waals surface area contributed by atoms with Gasteiger partial charge in [0.25, 0.3) is 5.82 Å². The molecule has 0 saturated heterocycles. The fourth-order valence-corrected chi connectivity index (χ4v) is 2.77. The molecular formula is C11H7BrF3N5. The van der Waals surface area contributed by atoms with Crippen LogP contribution in [0.5, 0.6) is 0 Å². The van der Waals surface area contributed by atoms with Gasteiger partial charge >= 0.3 is 6.18 Å². The summed E-state index contributed by atoms with van der Waals surface area (Å²) in [6, 6.07) is 4.96. The quantitative estimate of drug-likeness (QED) is 0.681. The lowest BCUT2D eigenvalue weighted by molar-refractivity contribution is -0.146. The Bertz CT molecular complexity index is 789. The molecule has 0 aliphatic rings. The molecule has 0 bridgehead atoms. The molecule has 0 fully saturated rings. The molecule has 0 spiro atoms. The van der Waals surface area contributed by atoms with Crippen LogP contribution in [0.2, 0.25) is 0 Å². The monoisotopic (exact) mass is 345 g/mol. The van der Waals surface area contributed by atoms with Gasteiger partial charge in [0, 0.05) is 23.1 Å². The van der Waals surface area contributed by atoms with Gasteiger partial charge in [-0.2, -0.15) is 17.9 Å². The fourth-order valence-electron chi connectivity index (χ4n) is 2.03. The van der Waals surface area contributed by atoms with Gasteiger partial charge in [-0.15, -0.1) is 5.10 Å². The number of aromatic nitrogens is 5. The van der Waals surface area contributed by atoms with E-state index in [-0.39, 0.29) is 5.69 Å². The first-order chi connectivity index (χ1) is 9.38. The number of hydrogen-bond donors (Lipinski definition) is 0.